The lowest BCUT2D eigenvalue weighted by Gasteiger charge is -2.32. The largest absolute Gasteiger partial charge is 0.449 e. The van der Waals surface area contributed by atoms with Crippen LogP contribution in [0.2, 0.25) is 0 Å². The van der Waals surface area contributed by atoms with Crippen molar-refractivity contribution in [2.75, 3.05) is 19.7 Å². The Labute approximate surface area is 110 Å². The topological polar surface area (TPSA) is 46.6 Å². The van der Waals surface area contributed by atoms with Gasteiger partial charge in [-0.15, -0.1) is 0 Å². The molecule has 1 aliphatic rings. The molecule has 1 rings (SSSR count). The number of piperidine rings is 1. The van der Waals surface area contributed by atoms with Crippen molar-refractivity contribution in [2.45, 2.75) is 40.5 Å². The number of carbonyl (C=O) groups excluding carboxylic acids is 2. The fraction of sp³-hybridized carbons (Fsp3) is 0.857. The van der Waals surface area contributed by atoms with E-state index in [9.17, 15) is 9.59 Å². The van der Waals surface area contributed by atoms with Gasteiger partial charge >= 0.3 is 6.09 Å². The summed E-state index contributed by atoms with van der Waals surface area (Å²) in [5.74, 6) is 0.634. The molecule has 0 bridgehead atoms. The second-order valence-electron chi connectivity index (χ2n) is 5.81. The summed E-state index contributed by atoms with van der Waals surface area (Å²) >= 11 is 0. The number of ketones is 1. The zero-order chi connectivity index (χ0) is 13.7. The molecule has 1 unspecified atom stereocenters. The van der Waals surface area contributed by atoms with Crippen molar-refractivity contribution < 1.29 is 14.3 Å². The summed E-state index contributed by atoms with van der Waals surface area (Å²) in [5, 5.41) is 0. The summed E-state index contributed by atoms with van der Waals surface area (Å²) in [4.78, 5) is 25.5. The summed E-state index contributed by atoms with van der Waals surface area (Å²) in [6.45, 7) is 9.52. The predicted molar refractivity (Wildman–Crippen MR) is 70.3 cm³/mol. The predicted octanol–water partition coefficient (Wildman–Crippen LogP) is 2.72. The van der Waals surface area contributed by atoms with E-state index in [1.807, 2.05) is 27.7 Å². The van der Waals surface area contributed by atoms with Crippen molar-refractivity contribution in [1.82, 2.24) is 4.90 Å². The molecule has 1 fully saturated rings. The molecule has 4 nitrogen and oxygen atoms in total. The first kappa shape index (κ1) is 15.0. The molecule has 0 aromatic rings. The summed E-state index contributed by atoms with van der Waals surface area (Å²) in [5.41, 5.74) is 0. The number of hydrogen-bond acceptors (Lipinski definition) is 3. The van der Waals surface area contributed by atoms with E-state index < -0.39 is 0 Å². The van der Waals surface area contributed by atoms with Gasteiger partial charge in [0, 0.05) is 24.9 Å². The quantitative estimate of drug-likeness (QED) is 0.776. The Morgan fingerprint density at radius 1 is 1.28 bits per heavy atom. The van der Waals surface area contributed by atoms with Gasteiger partial charge in [-0.3, -0.25) is 4.79 Å². The molecule has 0 radical (unpaired) electrons. The highest BCUT2D eigenvalue weighted by Gasteiger charge is 2.30. The number of hydrogen-bond donors (Lipinski definition) is 0. The maximum Gasteiger partial charge on any atom is 0.409 e. The molecule has 1 saturated heterocycles. The van der Waals surface area contributed by atoms with Crippen molar-refractivity contribution in [3.8, 4) is 0 Å². The first-order valence-electron chi connectivity index (χ1n) is 6.87. The van der Waals surface area contributed by atoms with Gasteiger partial charge in [-0.1, -0.05) is 27.7 Å². The average Bonchev–Trinajstić information content (AvgIpc) is 2.34. The van der Waals surface area contributed by atoms with Gasteiger partial charge in [-0.2, -0.15) is 0 Å². The van der Waals surface area contributed by atoms with Gasteiger partial charge < -0.3 is 9.64 Å². The zero-order valence-electron chi connectivity index (χ0n) is 11.9. The van der Waals surface area contributed by atoms with Gasteiger partial charge in [0.05, 0.1) is 6.61 Å². The van der Waals surface area contributed by atoms with E-state index in [1.165, 1.54) is 0 Å². The van der Waals surface area contributed by atoms with Crippen LogP contribution in [0.15, 0.2) is 0 Å². The summed E-state index contributed by atoms with van der Waals surface area (Å²) in [6.07, 6.45) is 1.51. The van der Waals surface area contributed by atoms with Gasteiger partial charge in [0.2, 0.25) is 0 Å². The fourth-order valence-electron chi connectivity index (χ4n) is 2.18. The van der Waals surface area contributed by atoms with E-state index >= 15 is 0 Å². The van der Waals surface area contributed by atoms with Crippen molar-refractivity contribution in [2.24, 2.45) is 17.8 Å². The van der Waals surface area contributed by atoms with Crippen LogP contribution in [0.3, 0.4) is 0 Å². The van der Waals surface area contributed by atoms with Crippen LogP contribution < -0.4 is 0 Å². The van der Waals surface area contributed by atoms with Crippen molar-refractivity contribution >= 4 is 11.9 Å². The van der Waals surface area contributed by atoms with Crippen LogP contribution in [0, 0.1) is 17.8 Å². The van der Waals surface area contributed by atoms with Gasteiger partial charge in [-0.05, 0) is 18.8 Å². The molecule has 0 saturated carbocycles. The summed E-state index contributed by atoms with van der Waals surface area (Å²) in [7, 11) is 0. The van der Waals surface area contributed by atoms with Crippen LogP contribution in [-0.2, 0) is 9.53 Å². The van der Waals surface area contributed by atoms with Gasteiger partial charge in [0.25, 0.3) is 0 Å². The Hall–Kier alpha value is -1.06. The second-order valence-corrected chi connectivity index (χ2v) is 5.81. The Bertz CT molecular complexity index is 299. The molecule has 0 aromatic heterocycles. The molecular weight excluding hydrogens is 230 g/mol. The summed E-state index contributed by atoms with van der Waals surface area (Å²) < 4.78 is 5.21. The Morgan fingerprint density at radius 3 is 2.50 bits per heavy atom. The minimum absolute atomic E-state index is 0.00894. The number of ether oxygens (including phenoxy) is 1. The van der Waals surface area contributed by atoms with Gasteiger partial charge in [0.15, 0.2) is 0 Å². The second kappa shape index (κ2) is 6.76. The number of rotatable bonds is 4. The lowest BCUT2D eigenvalue weighted by molar-refractivity contribution is -0.127. The van der Waals surface area contributed by atoms with Gasteiger partial charge in [-0.25, -0.2) is 4.79 Å². The van der Waals surface area contributed by atoms with Crippen molar-refractivity contribution in [3.63, 3.8) is 0 Å². The Kier molecular flexibility index (Phi) is 5.63. The smallest absolute Gasteiger partial charge is 0.409 e. The molecule has 0 aliphatic carbocycles. The number of likely N-dealkylation sites (tertiary alicyclic amines) is 1. The highest BCUT2D eigenvalue weighted by molar-refractivity contribution is 5.83. The van der Waals surface area contributed by atoms with E-state index in [1.54, 1.807) is 4.90 Å². The molecule has 1 atom stereocenters. The van der Waals surface area contributed by atoms with Crippen LogP contribution >= 0.6 is 0 Å². The number of nitrogens with zero attached hydrogens (tertiary/aromatic N) is 1. The average molecular weight is 255 g/mol. The van der Waals surface area contributed by atoms with E-state index in [2.05, 4.69) is 0 Å². The number of carbonyl (C=O) groups is 2. The van der Waals surface area contributed by atoms with Crippen LogP contribution in [-0.4, -0.2) is 36.5 Å². The summed E-state index contributed by atoms with van der Waals surface area (Å²) in [6, 6.07) is 0. The third-order valence-corrected chi connectivity index (χ3v) is 3.19. The molecule has 1 aliphatic heterocycles. The monoisotopic (exact) mass is 255 g/mol. The van der Waals surface area contributed by atoms with Crippen LogP contribution in [0.1, 0.15) is 40.5 Å². The van der Waals surface area contributed by atoms with Crippen LogP contribution in [0.5, 0.6) is 0 Å². The number of Topliss-reactive ketones (excluding diaryl/α,β-unsaturated/α-hetero) is 1. The van der Waals surface area contributed by atoms with Crippen molar-refractivity contribution in [1.29, 1.82) is 0 Å². The minimum atomic E-state index is -0.273. The highest BCUT2D eigenvalue weighted by Crippen LogP contribution is 2.21. The maximum absolute atomic E-state index is 12.0. The molecule has 4 heteroatoms. The van der Waals surface area contributed by atoms with Crippen LogP contribution in [0.25, 0.3) is 0 Å². The third kappa shape index (κ3) is 4.31. The molecule has 18 heavy (non-hydrogen) atoms. The molecular formula is C14H25NO3. The van der Waals surface area contributed by atoms with Crippen molar-refractivity contribution in [3.05, 3.63) is 0 Å². The fourth-order valence-corrected chi connectivity index (χ4v) is 2.18. The normalized spacial score (nSPS) is 20.3. The Balaban J connectivity index is 2.48. The molecule has 0 spiro atoms. The molecule has 0 aromatic carbocycles. The molecule has 0 N–H and O–H groups in total. The maximum atomic E-state index is 12.0. The zero-order valence-corrected chi connectivity index (χ0v) is 11.9. The molecule has 104 valence electrons. The third-order valence-electron chi connectivity index (χ3n) is 3.19. The SMILES string of the molecule is CC(C)COC(=O)N1CCCC(C(=O)C(C)C)C1. The first-order valence-corrected chi connectivity index (χ1v) is 6.87. The standard InChI is InChI=1S/C14H25NO3/c1-10(2)9-18-14(17)15-7-5-6-12(8-15)13(16)11(3)4/h10-12H,5-9H2,1-4H3. The first-order chi connectivity index (χ1) is 8.41. The molecule has 1 heterocycles. The van der Waals surface area contributed by atoms with Gasteiger partial charge in [0.1, 0.15) is 5.78 Å². The lowest BCUT2D eigenvalue weighted by atomic mass is 9.88. The van der Waals surface area contributed by atoms with E-state index in [0.29, 0.717) is 25.6 Å². The van der Waals surface area contributed by atoms with E-state index in [4.69, 9.17) is 4.74 Å². The van der Waals surface area contributed by atoms with E-state index in [-0.39, 0.29) is 23.7 Å². The molecule has 1 amide bonds. The lowest BCUT2D eigenvalue weighted by Crippen LogP contribution is -2.43. The Morgan fingerprint density at radius 2 is 1.94 bits per heavy atom. The highest BCUT2D eigenvalue weighted by atomic mass is 16.6. The van der Waals surface area contributed by atoms with E-state index in [0.717, 1.165) is 12.8 Å². The number of amides is 1. The van der Waals surface area contributed by atoms with Crippen LogP contribution in [0.4, 0.5) is 4.79 Å². The minimum Gasteiger partial charge on any atom is -0.449 e.